The van der Waals surface area contributed by atoms with Gasteiger partial charge in [0.25, 0.3) is 10.0 Å². The summed E-state index contributed by atoms with van der Waals surface area (Å²) < 4.78 is 48.2. The molecule has 1 saturated carbocycles. The quantitative estimate of drug-likeness (QED) is 0.553. The molecule has 1 fully saturated rings. The van der Waals surface area contributed by atoms with Gasteiger partial charge in [0, 0.05) is 18.5 Å². The van der Waals surface area contributed by atoms with E-state index >= 15 is 0 Å². The Morgan fingerprint density at radius 2 is 2.09 bits per heavy atom. The second kappa shape index (κ2) is 8.55. The number of hydrogen-bond donors (Lipinski definition) is 3. The number of halogens is 1. The van der Waals surface area contributed by atoms with Gasteiger partial charge in [-0.3, -0.25) is 4.72 Å². The fourth-order valence-electron chi connectivity index (χ4n) is 3.93. The molecule has 2 aromatic rings. The van der Waals surface area contributed by atoms with Gasteiger partial charge in [0.1, 0.15) is 17.1 Å². The first-order valence-corrected chi connectivity index (χ1v) is 11.9. The average Bonchev–Trinajstić information content (AvgIpc) is 3.50. The molecule has 32 heavy (non-hydrogen) atoms. The Morgan fingerprint density at radius 3 is 2.81 bits per heavy atom. The van der Waals surface area contributed by atoms with E-state index < -0.39 is 21.8 Å². The molecule has 170 valence electrons. The van der Waals surface area contributed by atoms with E-state index in [9.17, 15) is 22.7 Å². The number of hydrogen-bond acceptors (Lipinski definition) is 5. The monoisotopic (exact) mass is 460 g/mol. The molecule has 0 amide bonds. The molecular formula is C23H25FN2O5S. The standard InChI is InChI=1S/C23H25FN2O5S/c1-13(2)25-9-3-4-14-10-16(24)5-8-20(14)32(29,30)26-19-7-6-17-18-11-15(18)12-31-22(17)21(19)23(27)28/h3-8,10,13,15,18,25-26H,9,11-12H2,1-2H3,(H,27,28). The Bertz CT molecular complexity index is 1190. The first-order valence-electron chi connectivity index (χ1n) is 10.4. The van der Waals surface area contributed by atoms with Gasteiger partial charge in [-0.05, 0) is 47.7 Å². The van der Waals surface area contributed by atoms with Crippen molar-refractivity contribution in [2.24, 2.45) is 5.92 Å². The topological polar surface area (TPSA) is 105 Å². The minimum Gasteiger partial charge on any atom is -0.492 e. The van der Waals surface area contributed by atoms with Crippen molar-refractivity contribution in [3.63, 3.8) is 0 Å². The molecule has 1 aliphatic heterocycles. The lowest BCUT2D eigenvalue weighted by Gasteiger charge is -2.21. The van der Waals surface area contributed by atoms with Gasteiger partial charge in [-0.1, -0.05) is 32.1 Å². The van der Waals surface area contributed by atoms with Crippen molar-refractivity contribution in [3.8, 4) is 5.75 Å². The van der Waals surface area contributed by atoms with E-state index in [4.69, 9.17) is 4.74 Å². The number of fused-ring (bicyclic) bond motifs is 3. The van der Waals surface area contributed by atoms with Crippen molar-refractivity contribution in [1.29, 1.82) is 0 Å². The number of ether oxygens (including phenoxy) is 1. The largest absolute Gasteiger partial charge is 0.492 e. The van der Waals surface area contributed by atoms with Crippen molar-refractivity contribution < 1.29 is 27.4 Å². The zero-order valence-corrected chi connectivity index (χ0v) is 18.6. The molecule has 3 N–H and O–H groups in total. The number of sulfonamides is 1. The zero-order valence-electron chi connectivity index (χ0n) is 17.8. The van der Waals surface area contributed by atoms with E-state index in [1.54, 1.807) is 12.1 Å². The lowest BCUT2D eigenvalue weighted by molar-refractivity contribution is 0.0692. The minimum absolute atomic E-state index is 0.0870. The van der Waals surface area contributed by atoms with E-state index in [1.807, 2.05) is 13.8 Å². The summed E-state index contributed by atoms with van der Waals surface area (Å²) in [5.41, 5.74) is 0.660. The van der Waals surface area contributed by atoms with Crippen molar-refractivity contribution in [1.82, 2.24) is 5.32 Å². The van der Waals surface area contributed by atoms with Crippen molar-refractivity contribution in [3.05, 3.63) is 58.9 Å². The van der Waals surface area contributed by atoms with Crippen LogP contribution < -0.4 is 14.8 Å². The van der Waals surface area contributed by atoms with Crippen LogP contribution in [0.1, 0.15) is 47.7 Å². The van der Waals surface area contributed by atoms with Gasteiger partial charge in [0.05, 0.1) is 17.2 Å². The first-order chi connectivity index (χ1) is 15.2. The summed E-state index contributed by atoms with van der Waals surface area (Å²) in [4.78, 5) is 11.8. The molecule has 7 nitrogen and oxygen atoms in total. The molecule has 4 rings (SSSR count). The number of rotatable bonds is 8. The molecule has 1 aliphatic carbocycles. The third kappa shape index (κ3) is 4.49. The summed E-state index contributed by atoms with van der Waals surface area (Å²) in [6, 6.07) is 6.75. The number of carboxylic acids is 1. The summed E-state index contributed by atoms with van der Waals surface area (Å²) in [5, 5.41) is 12.9. The smallest absolute Gasteiger partial charge is 0.341 e. The van der Waals surface area contributed by atoms with Gasteiger partial charge < -0.3 is 15.2 Å². The van der Waals surface area contributed by atoms with Gasteiger partial charge in [-0.25, -0.2) is 17.6 Å². The van der Waals surface area contributed by atoms with Crippen LogP contribution >= 0.6 is 0 Å². The lowest BCUT2D eigenvalue weighted by atomic mass is 10.0. The maximum atomic E-state index is 13.8. The van der Waals surface area contributed by atoms with Crippen LogP contribution in [0.4, 0.5) is 10.1 Å². The van der Waals surface area contributed by atoms with Crippen LogP contribution in [0.2, 0.25) is 0 Å². The molecule has 9 heteroatoms. The highest BCUT2D eigenvalue weighted by Crippen LogP contribution is 2.55. The van der Waals surface area contributed by atoms with E-state index in [2.05, 4.69) is 10.0 Å². The number of aromatic carboxylic acids is 1. The van der Waals surface area contributed by atoms with Crippen molar-refractivity contribution in [2.75, 3.05) is 17.9 Å². The molecule has 2 aromatic carbocycles. The van der Waals surface area contributed by atoms with Crippen LogP contribution in [-0.4, -0.2) is 38.7 Å². The Balaban J connectivity index is 1.68. The van der Waals surface area contributed by atoms with E-state index in [0.29, 0.717) is 19.1 Å². The average molecular weight is 461 g/mol. The van der Waals surface area contributed by atoms with Crippen LogP contribution in [0.5, 0.6) is 5.75 Å². The molecule has 1 heterocycles. The molecule has 0 spiro atoms. The normalized spacial score (nSPS) is 19.4. The predicted molar refractivity (Wildman–Crippen MR) is 119 cm³/mol. The molecule has 2 atom stereocenters. The van der Waals surface area contributed by atoms with Crippen LogP contribution in [0.15, 0.2) is 41.3 Å². The summed E-state index contributed by atoms with van der Waals surface area (Å²) in [6.07, 6.45) is 4.16. The summed E-state index contributed by atoms with van der Waals surface area (Å²) in [5.74, 6) is -0.984. The summed E-state index contributed by atoms with van der Waals surface area (Å²) >= 11 is 0. The molecular weight excluding hydrogens is 435 g/mol. The van der Waals surface area contributed by atoms with Gasteiger partial charge in [0.15, 0.2) is 0 Å². The van der Waals surface area contributed by atoms with Crippen LogP contribution in [0.25, 0.3) is 6.08 Å². The highest BCUT2D eigenvalue weighted by atomic mass is 32.2. The lowest BCUT2D eigenvalue weighted by Crippen LogP contribution is -2.22. The van der Waals surface area contributed by atoms with Gasteiger partial charge in [-0.15, -0.1) is 0 Å². The highest BCUT2D eigenvalue weighted by Gasteiger charge is 2.45. The van der Waals surface area contributed by atoms with Gasteiger partial charge in [0.2, 0.25) is 0 Å². The molecule has 2 aliphatic rings. The number of benzene rings is 2. The maximum Gasteiger partial charge on any atom is 0.341 e. The molecule has 0 bridgehead atoms. The second-order valence-corrected chi connectivity index (χ2v) is 10.0. The SMILES string of the molecule is CC(C)NCC=Cc1cc(F)ccc1S(=O)(=O)Nc1ccc2c(c1C(=O)O)OCC1CC21. The van der Waals surface area contributed by atoms with Crippen LogP contribution in [-0.2, 0) is 10.0 Å². The number of anilines is 1. The Hall–Kier alpha value is -2.91. The summed E-state index contributed by atoms with van der Waals surface area (Å²) in [6.45, 7) is 4.85. The summed E-state index contributed by atoms with van der Waals surface area (Å²) in [7, 11) is -4.21. The van der Waals surface area contributed by atoms with Gasteiger partial charge >= 0.3 is 5.97 Å². The Labute approximate surface area is 186 Å². The molecule has 0 radical (unpaired) electrons. The van der Waals surface area contributed by atoms with Crippen LogP contribution in [0.3, 0.4) is 0 Å². The third-order valence-electron chi connectivity index (χ3n) is 5.61. The van der Waals surface area contributed by atoms with Gasteiger partial charge in [-0.2, -0.15) is 0 Å². The second-order valence-electron chi connectivity index (χ2n) is 8.38. The van der Waals surface area contributed by atoms with E-state index in [-0.39, 0.29) is 39.4 Å². The maximum absolute atomic E-state index is 13.8. The number of nitrogens with one attached hydrogen (secondary N) is 2. The van der Waals surface area contributed by atoms with Crippen molar-refractivity contribution >= 4 is 27.8 Å². The molecule has 0 aromatic heterocycles. The Kier molecular flexibility index (Phi) is 5.96. The number of carbonyl (C=O) groups is 1. The number of carboxylic acid groups (broad SMARTS) is 1. The van der Waals surface area contributed by atoms with E-state index in [1.165, 1.54) is 12.1 Å². The fraction of sp³-hybridized carbons (Fsp3) is 0.348. The molecule has 2 unspecified atom stereocenters. The van der Waals surface area contributed by atoms with E-state index in [0.717, 1.165) is 30.2 Å². The zero-order chi connectivity index (χ0) is 23.0. The predicted octanol–water partition coefficient (Wildman–Crippen LogP) is 3.83. The fourth-order valence-corrected chi connectivity index (χ4v) is 5.18. The van der Waals surface area contributed by atoms with Crippen molar-refractivity contribution in [2.45, 2.75) is 37.1 Å². The third-order valence-corrected chi connectivity index (χ3v) is 7.05. The Morgan fingerprint density at radius 1 is 1.31 bits per heavy atom. The minimum atomic E-state index is -4.21. The van der Waals surface area contributed by atoms with Crippen LogP contribution in [0, 0.1) is 11.7 Å². The highest BCUT2D eigenvalue weighted by molar-refractivity contribution is 7.92. The first kappa shape index (κ1) is 22.3. The molecule has 0 saturated heterocycles.